The van der Waals surface area contributed by atoms with E-state index >= 15 is 0 Å². The van der Waals surface area contributed by atoms with Crippen molar-refractivity contribution < 1.29 is 14.3 Å². The molecule has 1 amide bonds. The predicted molar refractivity (Wildman–Crippen MR) is 131 cm³/mol. The van der Waals surface area contributed by atoms with Gasteiger partial charge in [-0.2, -0.15) is 5.10 Å². The molecular formula is C23H32N6O3S. The van der Waals surface area contributed by atoms with E-state index in [1.165, 1.54) is 0 Å². The van der Waals surface area contributed by atoms with Gasteiger partial charge < -0.3 is 20.1 Å². The maximum atomic E-state index is 12.5. The molecule has 0 saturated carbocycles. The van der Waals surface area contributed by atoms with Crippen molar-refractivity contribution in [1.29, 1.82) is 0 Å². The molecule has 9 nitrogen and oxygen atoms in total. The quantitative estimate of drug-likeness (QED) is 0.323. The van der Waals surface area contributed by atoms with Gasteiger partial charge in [0.2, 0.25) is 5.91 Å². The van der Waals surface area contributed by atoms with Gasteiger partial charge in [-0.1, -0.05) is 31.7 Å². The lowest BCUT2D eigenvalue weighted by molar-refractivity contribution is -0.120. The number of nitrogens with one attached hydrogen (secondary N) is 2. The third-order valence-corrected chi connectivity index (χ3v) is 5.57. The molecular weight excluding hydrogens is 440 g/mol. The van der Waals surface area contributed by atoms with E-state index in [4.69, 9.17) is 14.5 Å². The highest BCUT2D eigenvalue weighted by molar-refractivity contribution is 7.99. The van der Waals surface area contributed by atoms with E-state index in [0.29, 0.717) is 35.0 Å². The first-order valence-corrected chi connectivity index (χ1v) is 11.8. The normalized spacial score (nSPS) is 11.3. The van der Waals surface area contributed by atoms with Crippen LogP contribution in [0.25, 0.3) is 11.0 Å². The number of carbonyl (C=O) groups excluding carboxylic acids is 1. The van der Waals surface area contributed by atoms with Crippen LogP contribution in [0.2, 0.25) is 0 Å². The minimum absolute atomic E-state index is 0.0773. The van der Waals surface area contributed by atoms with Gasteiger partial charge in [0.15, 0.2) is 22.3 Å². The first-order chi connectivity index (χ1) is 15.8. The van der Waals surface area contributed by atoms with Crippen LogP contribution in [0.1, 0.15) is 33.3 Å². The largest absolute Gasteiger partial charge is 0.493 e. The molecule has 1 aromatic carbocycles. The van der Waals surface area contributed by atoms with Gasteiger partial charge in [-0.3, -0.25) is 4.79 Å². The summed E-state index contributed by atoms with van der Waals surface area (Å²) in [5.74, 6) is 1.94. The monoisotopic (exact) mass is 472 g/mol. The molecule has 0 aliphatic rings. The number of aromatic nitrogens is 4. The summed E-state index contributed by atoms with van der Waals surface area (Å²) >= 11 is 1.61. The highest BCUT2D eigenvalue weighted by atomic mass is 32.2. The Morgan fingerprint density at radius 2 is 1.88 bits per heavy atom. The molecule has 0 aliphatic heterocycles. The number of anilines is 1. The Hall–Kier alpha value is -3.01. The van der Waals surface area contributed by atoms with Crippen molar-refractivity contribution in [2.75, 3.05) is 26.1 Å². The maximum absolute atomic E-state index is 12.5. The Morgan fingerprint density at radius 1 is 1.12 bits per heavy atom. The second kappa shape index (κ2) is 11.2. The Balaban J connectivity index is 1.67. The van der Waals surface area contributed by atoms with Crippen molar-refractivity contribution in [2.45, 2.75) is 57.1 Å². The summed E-state index contributed by atoms with van der Waals surface area (Å²) in [5.41, 5.74) is 1.60. The third kappa shape index (κ3) is 6.50. The number of benzene rings is 1. The summed E-state index contributed by atoms with van der Waals surface area (Å²) in [5, 5.41) is 12.8. The summed E-state index contributed by atoms with van der Waals surface area (Å²) in [6, 6.07) is 5.70. The first kappa shape index (κ1) is 24.6. The lowest BCUT2D eigenvalue weighted by Gasteiger charge is -2.13. The Morgan fingerprint density at radius 3 is 2.55 bits per heavy atom. The van der Waals surface area contributed by atoms with Crippen LogP contribution in [0.3, 0.4) is 0 Å². The van der Waals surface area contributed by atoms with Gasteiger partial charge in [0.1, 0.15) is 5.82 Å². The number of methoxy groups -OCH3 is 2. The zero-order chi connectivity index (χ0) is 24.0. The van der Waals surface area contributed by atoms with E-state index in [0.717, 1.165) is 22.4 Å². The molecule has 2 heterocycles. The number of thioether (sulfide) groups is 1. The average Bonchev–Trinajstić information content (AvgIpc) is 3.16. The average molecular weight is 473 g/mol. The standard InChI is InChI=1S/C23H32N6O3S/c1-14(2)26-21-17-13-25-29(22(17)28-23(27-21)33-15(3)4)10-9-24-20(30)12-16-7-8-18(31-5)19(11-16)32-6/h7-8,11,13-15H,9-10,12H2,1-6H3,(H,24,30)(H,26,27,28). The molecule has 0 bridgehead atoms. The number of ether oxygens (including phenoxy) is 2. The molecule has 10 heteroatoms. The summed E-state index contributed by atoms with van der Waals surface area (Å²) < 4.78 is 12.4. The summed E-state index contributed by atoms with van der Waals surface area (Å²) in [6.07, 6.45) is 2.02. The van der Waals surface area contributed by atoms with Crippen LogP contribution >= 0.6 is 11.8 Å². The van der Waals surface area contributed by atoms with E-state index in [2.05, 4.69) is 48.4 Å². The lowest BCUT2D eigenvalue weighted by atomic mass is 10.1. The number of nitrogens with zero attached hydrogens (tertiary/aromatic N) is 4. The molecule has 0 saturated heterocycles. The molecule has 33 heavy (non-hydrogen) atoms. The van der Waals surface area contributed by atoms with Gasteiger partial charge in [0.05, 0.1) is 38.8 Å². The summed E-state index contributed by atoms with van der Waals surface area (Å²) in [7, 11) is 3.16. The van der Waals surface area contributed by atoms with Gasteiger partial charge in [-0.15, -0.1) is 0 Å². The van der Waals surface area contributed by atoms with Gasteiger partial charge >= 0.3 is 0 Å². The molecule has 2 aromatic heterocycles. The van der Waals surface area contributed by atoms with E-state index in [1.54, 1.807) is 38.2 Å². The van der Waals surface area contributed by atoms with Gasteiger partial charge in [0.25, 0.3) is 0 Å². The first-order valence-electron chi connectivity index (χ1n) is 10.9. The number of fused-ring (bicyclic) bond motifs is 1. The number of hydrogen-bond donors (Lipinski definition) is 2. The van der Waals surface area contributed by atoms with E-state index in [-0.39, 0.29) is 18.4 Å². The second-order valence-electron chi connectivity index (χ2n) is 8.14. The molecule has 0 radical (unpaired) electrons. The molecule has 0 spiro atoms. The van der Waals surface area contributed by atoms with Gasteiger partial charge in [-0.05, 0) is 31.5 Å². The number of amides is 1. The van der Waals surface area contributed by atoms with Crippen molar-refractivity contribution in [3.05, 3.63) is 30.0 Å². The van der Waals surface area contributed by atoms with Crippen LogP contribution in [-0.2, 0) is 17.8 Å². The molecule has 2 N–H and O–H groups in total. The molecule has 0 aliphatic carbocycles. The minimum atomic E-state index is -0.0773. The fourth-order valence-corrected chi connectivity index (χ4v) is 3.99. The van der Waals surface area contributed by atoms with Crippen molar-refractivity contribution in [3.63, 3.8) is 0 Å². The van der Waals surface area contributed by atoms with Gasteiger partial charge in [0, 0.05) is 17.8 Å². The minimum Gasteiger partial charge on any atom is -0.493 e. The number of rotatable bonds is 11. The summed E-state index contributed by atoms with van der Waals surface area (Å²) in [4.78, 5) is 21.9. The van der Waals surface area contributed by atoms with E-state index in [9.17, 15) is 4.79 Å². The fraction of sp³-hybridized carbons (Fsp3) is 0.478. The highest BCUT2D eigenvalue weighted by Gasteiger charge is 2.15. The Bertz CT molecular complexity index is 1100. The van der Waals surface area contributed by atoms with Crippen molar-refractivity contribution in [1.82, 2.24) is 25.1 Å². The molecule has 3 aromatic rings. The molecule has 0 unspecified atom stereocenters. The number of carbonyl (C=O) groups is 1. The second-order valence-corrected chi connectivity index (χ2v) is 9.69. The smallest absolute Gasteiger partial charge is 0.224 e. The molecule has 3 rings (SSSR count). The van der Waals surface area contributed by atoms with Crippen LogP contribution in [0, 0.1) is 0 Å². The van der Waals surface area contributed by atoms with Crippen LogP contribution in [0.5, 0.6) is 11.5 Å². The number of hydrogen-bond acceptors (Lipinski definition) is 8. The topological polar surface area (TPSA) is 103 Å². The van der Waals surface area contributed by atoms with Crippen LogP contribution < -0.4 is 20.1 Å². The van der Waals surface area contributed by atoms with Crippen LogP contribution in [-0.4, -0.2) is 57.7 Å². The van der Waals surface area contributed by atoms with E-state index in [1.807, 2.05) is 16.8 Å². The van der Waals surface area contributed by atoms with Gasteiger partial charge in [-0.25, -0.2) is 14.6 Å². The van der Waals surface area contributed by atoms with Crippen molar-refractivity contribution in [2.24, 2.45) is 0 Å². The van der Waals surface area contributed by atoms with Crippen molar-refractivity contribution in [3.8, 4) is 11.5 Å². The van der Waals surface area contributed by atoms with E-state index < -0.39 is 0 Å². The maximum Gasteiger partial charge on any atom is 0.224 e. The van der Waals surface area contributed by atoms with Crippen LogP contribution in [0.15, 0.2) is 29.6 Å². The van der Waals surface area contributed by atoms with Crippen molar-refractivity contribution >= 4 is 34.5 Å². The molecule has 0 atom stereocenters. The SMILES string of the molecule is COc1ccc(CC(=O)NCCn2ncc3c(NC(C)C)nc(SC(C)C)nc32)cc1OC. The summed E-state index contributed by atoms with van der Waals surface area (Å²) in [6.45, 7) is 9.30. The molecule has 0 fully saturated rings. The molecule has 178 valence electrons. The fourth-order valence-electron chi connectivity index (χ4n) is 3.29. The van der Waals surface area contributed by atoms with Crippen LogP contribution in [0.4, 0.5) is 5.82 Å². The zero-order valence-electron chi connectivity index (χ0n) is 20.0. The zero-order valence-corrected chi connectivity index (χ0v) is 20.8. The third-order valence-electron chi connectivity index (χ3n) is 4.70. The predicted octanol–water partition coefficient (Wildman–Crippen LogP) is 3.52. The Kier molecular flexibility index (Phi) is 8.37. The Labute approximate surface area is 198 Å². The highest BCUT2D eigenvalue weighted by Crippen LogP contribution is 2.28. The lowest BCUT2D eigenvalue weighted by Crippen LogP contribution is -2.29.